The molecule has 0 aromatic heterocycles. The van der Waals surface area contributed by atoms with Crippen molar-refractivity contribution in [1.29, 1.82) is 0 Å². The molecule has 17 heavy (non-hydrogen) atoms. The topological polar surface area (TPSA) is 66.4 Å². The summed E-state index contributed by atoms with van der Waals surface area (Å²) in [6, 6.07) is 6.32. The smallest absolute Gasteiger partial charge is 0.241 e. The summed E-state index contributed by atoms with van der Waals surface area (Å²) in [6.07, 6.45) is -0.785. The largest absolute Gasteiger partial charge is 0.391 e. The molecule has 0 spiro atoms. The van der Waals surface area contributed by atoms with Crippen molar-refractivity contribution in [3.8, 4) is 0 Å². The van der Waals surface area contributed by atoms with E-state index in [1.807, 2.05) is 0 Å². The van der Waals surface area contributed by atoms with E-state index in [1.54, 1.807) is 32.9 Å². The summed E-state index contributed by atoms with van der Waals surface area (Å²) in [5.74, 6) is 0. The fraction of sp³-hybridized carbons (Fsp3) is 0.455. The Bertz CT molecular complexity index is 480. The highest BCUT2D eigenvalue weighted by molar-refractivity contribution is 9.10. The van der Waals surface area contributed by atoms with E-state index in [0.717, 1.165) is 4.47 Å². The summed E-state index contributed by atoms with van der Waals surface area (Å²) in [6.45, 7) is 4.81. The number of hydrogen-bond donors (Lipinski definition) is 2. The lowest BCUT2D eigenvalue weighted by molar-refractivity contribution is 0.111. The van der Waals surface area contributed by atoms with Crippen LogP contribution in [-0.2, 0) is 10.0 Å². The Morgan fingerprint density at radius 2 is 1.76 bits per heavy atom. The Morgan fingerprint density at radius 3 is 2.18 bits per heavy atom. The third-order valence-corrected chi connectivity index (χ3v) is 4.78. The Hall–Kier alpha value is -0.430. The molecule has 0 saturated carbocycles. The van der Waals surface area contributed by atoms with Crippen LogP contribution >= 0.6 is 15.9 Å². The SMILES string of the molecule is CC(O)C(C)(C)NS(=O)(=O)c1ccc(Br)cc1. The first kappa shape index (κ1) is 14.6. The maximum Gasteiger partial charge on any atom is 0.241 e. The lowest BCUT2D eigenvalue weighted by Gasteiger charge is -2.28. The Morgan fingerprint density at radius 1 is 1.29 bits per heavy atom. The van der Waals surface area contributed by atoms with Crippen LogP contribution in [-0.4, -0.2) is 25.2 Å². The highest BCUT2D eigenvalue weighted by atomic mass is 79.9. The summed E-state index contributed by atoms with van der Waals surface area (Å²) in [7, 11) is -3.61. The molecule has 0 aliphatic heterocycles. The second kappa shape index (κ2) is 5.06. The number of nitrogens with one attached hydrogen (secondary N) is 1. The molecule has 1 aromatic carbocycles. The molecule has 6 heteroatoms. The molecule has 1 rings (SSSR count). The second-order valence-corrected chi connectivity index (χ2v) is 7.06. The lowest BCUT2D eigenvalue weighted by Crippen LogP contribution is -2.50. The van der Waals surface area contributed by atoms with Crippen molar-refractivity contribution in [1.82, 2.24) is 4.72 Å². The van der Waals surface area contributed by atoms with Gasteiger partial charge in [-0.25, -0.2) is 13.1 Å². The van der Waals surface area contributed by atoms with Gasteiger partial charge in [-0.05, 0) is 45.0 Å². The van der Waals surface area contributed by atoms with Crippen LogP contribution in [0.1, 0.15) is 20.8 Å². The van der Waals surface area contributed by atoms with E-state index in [-0.39, 0.29) is 4.90 Å². The zero-order valence-corrected chi connectivity index (χ0v) is 12.3. The molecule has 1 atom stereocenters. The molecule has 0 amide bonds. The van der Waals surface area contributed by atoms with E-state index >= 15 is 0 Å². The third kappa shape index (κ3) is 3.77. The van der Waals surface area contributed by atoms with E-state index in [4.69, 9.17) is 0 Å². The predicted molar refractivity (Wildman–Crippen MR) is 70.2 cm³/mol. The molecule has 0 bridgehead atoms. The average molecular weight is 322 g/mol. The number of aliphatic hydroxyl groups excluding tert-OH is 1. The fourth-order valence-electron chi connectivity index (χ4n) is 1.10. The molecule has 0 saturated heterocycles. The fourth-order valence-corrected chi connectivity index (χ4v) is 2.84. The van der Waals surface area contributed by atoms with Crippen LogP contribution in [0, 0.1) is 0 Å². The summed E-state index contributed by atoms with van der Waals surface area (Å²) >= 11 is 3.24. The monoisotopic (exact) mass is 321 g/mol. The van der Waals surface area contributed by atoms with E-state index in [2.05, 4.69) is 20.7 Å². The molecule has 2 N–H and O–H groups in total. The second-order valence-electron chi connectivity index (χ2n) is 4.46. The van der Waals surface area contributed by atoms with Gasteiger partial charge in [0.25, 0.3) is 0 Å². The molecule has 0 radical (unpaired) electrons. The van der Waals surface area contributed by atoms with Crippen molar-refractivity contribution in [3.63, 3.8) is 0 Å². The Labute approximate surface area is 110 Å². The lowest BCUT2D eigenvalue weighted by atomic mass is 10.0. The average Bonchev–Trinajstić information content (AvgIpc) is 2.16. The standard InChI is InChI=1S/C11H16BrNO3S/c1-8(14)11(2,3)13-17(15,16)10-6-4-9(12)5-7-10/h4-8,13-14H,1-3H3. The van der Waals surface area contributed by atoms with Crippen molar-refractivity contribution in [2.75, 3.05) is 0 Å². The van der Waals surface area contributed by atoms with E-state index in [1.165, 1.54) is 12.1 Å². The number of rotatable bonds is 4. The highest BCUT2D eigenvalue weighted by Crippen LogP contribution is 2.18. The molecule has 1 unspecified atom stereocenters. The molecule has 96 valence electrons. The molecule has 4 nitrogen and oxygen atoms in total. The Balaban J connectivity index is 3.01. The van der Waals surface area contributed by atoms with Gasteiger partial charge in [0.1, 0.15) is 0 Å². The minimum atomic E-state index is -3.61. The van der Waals surface area contributed by atoms with Crippen molar-refractivity contribution in [2.24, 2.45) is 0 Å². The van der Waals surface area contributed by atoms with Gasteiger partial charge in [-0.1, -0.05) is 15.9 Å². The molecular weight excluding hydrogens is 306 g/mol. The van der Waals surface area contributed by atoms with E-state index in [9.17, 15) is 13.5 Å². The molecule has 0 heterocycles. The van der Waals surface area contributed by atoms with Gasteiger partial charge in [-0.15, -0.1) is 0 Å². The molecular formula is C11H16BrNO3S. The van der Waals surface area contributed by atoms with Crippen LogP contribution in [0.3, 0.4) is 0 Å². The maximum atomic E-state index is 12.0. The van der Waals surface area contributed by atoms with Gasteiger partial charge in [0.2, 0.25) is 10.0 Å². The number of hydrogen-bond acceptors (Lipinski definition) is 3. The van der Waals surface area contributed by atoms with Crippen LogP contribution in [0.2, 0.25) is 0 Å². The van der Waals surface area contributed by atoms with Crippen LogP contribution < -0.4 is 4.72 Å². The molecule has 1 aromatic rings. The van der Waals surface area contributed by atoms with Gasteiger partial charge in [0.05, 0.1) is 16.5 Å². The number of benzene rings is 1. The minimum Gasteiger partial charge on any atom is -0.391 e. The van der Waals surface area contributed by atoms with Crippen molar-refractivity contribution in [3.05, 3.63) is 28.7 Å². The van der Waals surface area contributed by atoms with Crippen LogP contribution in [0.5, 0.6) is 0 Å². The normalized spacial score (nSPS) is 14.6. The van der Waals surface area contributed by atoms with Gasteiger partial charge in [0, 0.05) is 4.47 Å². The van der Waals surface area contributed by atoms with Crippen molar-refractivity contribution in [2.45, 2.75) is 37.3 Å². The zero-order chi connectivity index (χ0) is 13.3. The van der Waals surface area contributed by atoms with E-state index in [0.29, 0.717) is 0 Å². The number of halogens is 1. The summed E-state index contributed by atoms with van der Waals surface area (Å²) in [4.78, 5) is 0.175. The summed E-state index contributed by atoms with van der Waals surface area (Å²) < 4.78 is 27.3. The van der Waals surface area contributed by atoms with Crippen molar-refractivity contribution >= 4 is 26.0 Å². The van der Waals surface area contributed by atoms with Gasteiger partial charge >= 0.3 is 0 Å². The van der Waals surface area contributed by atoms with Crippen molar-refractivity contribution < 1.29 is 13.5 Å². The first-order chi connectivity index (χ1) is 7.65. The van der Waals surface area contributed by atoms with Gasteiger partial charge in [-0.2, -0.15) is 0 Å². The molecule has 0 fully saturated rings. The quantitative estimate of drug-likeness (QED) is 0.890. The minimum absolute atomic E-state index is 0.175. The first-order valence-electron chi connectivity index (χ1n) is 5.13. The predicted octanol–water partition coefficient (Wildman–Crippen LogP) is 1.89. The van der Waals surface area contributed by atoms with Crippen LogP contribution in [0.4, 0.5) is 0 Å². The van der Waals surface area contributed by atoms with Crippen LogP contribution in [0.25, 0.3) is 0 Å². The van der Waals surface area contributed by atoms with E-state index < -0.39 is 21.7 Å². The zero-order valence-electron chi connectivity index (χ0n) is 9.94. The van der Waals surface area contributed by atoms with Crippen LogP contribution in [0.15, 0.2) is 33.6 Å². The number of aliphatic hydroxyl groups is 1. The summed E-state index contributed by atoms with van der Waals surface area (Å²) in [5.41, 5.74) is -0.911. The third-order valence-electron chi connectivity index (χ3n) is 2.57. The molecule has 0 aliphatic rings. The summed E-state index contributed by atoms with van der Waals surface area (Å²) in [5, 5.41) is 9.50. The highest BCUT2D eigenvalue weighted by Gasteiger charge is 2.30. The van der Waals surface area contributed by atoms with Gasteiger partial charge in [-0.3, -0.25) is 0 Å². The maximum absolute atomic E-state index is 12.0. The molecule has 0 aliphatic carbocycles. The van der Waals surface area contributed by atoms with Gasteiger partial charge < -0.3 is 5.11 Å². The van der Waals surface area contributed by atoms with Gasteiger partial charge in [0.15, 0.2) is 0 Å². The first-order valence-corrected chi connectivity index (χ1v) is 7.40. The Kier molecular flexibility index (Phi) is 4.35. The number of sulfonamides is 1.